The molecule has 0 unspecified atom stereocenters. The third-order valence-corrected chi connectivity index (χ3v) is 3.15. The van der Waals surface area contributed by atoms with Crippen LogP contribution >= 0.6 is 11.3 Å². The third-order valence-electron chi connectivity index (χ3n) is 2.01. The number of nitrogens with one attached hydrogen (secondary N) is 1. The van der Waals surface area contributed by atoms with Gasteiger partial charge in [0.1, 0.15) is 5.69 Å². The van der Waals surface area contributed by atoms with Gasteiger partial charge in [0.25, 0.3) is 0 Å². The van der Waals surface area contributed by atoms with Crippen LogP contribution in [0.3, 0.4) is 0 Å². The number of rotatable bonds is 2. The predicted octanol–water partition coefficient (Wildman–Crippen LogP) is 0.889. The van der Waals surface area contributed by atoms with E-state index < -0.39 is 4.92 Å². The molecule has 15 heavy (non-hydrogen) atoms. The van der Waals surface area contributed by atoms with Crippen molar-refractivity contribution in [2.24, 2.45) is 0 Å². The summed E-state index contributed by atoms with van der Waals surface area (Å²) in [6, 6.07) is -0.251. The van der Waals surface area contributed by atoms with Crippen LogP contribution in [0.2, 0.25) is 0 Å². The quantitative estimate of drug-likeness (QED) is 0.601. The Morgan fingerprint density at radius 3 is 2.87 bits per heavy atom. The molecular formula is C7H8N4O3S. The Kier molecular flexibility index (Phi) is 2.27. The maximum Gasteiger partial charge on any atom is 0.348 e. The van der Waals surface area contributed by atoms with Crippen LogP contribution in [0.25, 0.3) is 0 Å². The minimum Gasteiger partial charge on any atom is -0.336 e. The van der Waals surface area contributed by atoms with Gasteiger partial charge in [0, 0.05) is 13.1 Å². The molecule has 0 spiro atoms. The summed E-state index contributed by atoms with van der Waals surface area (Å²) in [4.78, 5) is 26.8. The summed E-state index contributed by atoms with van der Waals surface area (Å²) in [5.41, 5.74) is 0.347. The van der Waals surface area contributed by atoms with Gasteiger partial charge in [0.05, 0.1) is 4.92 Å². The summed E-state index contributed by atoms with van der Waals surface area (Å²) < 4.78 is 0. The van der Waals surface area contributed by atoms with Crippen LogP contribution in [-0.2, 0) is 0 Å². The molecule has 2 heterocycles. The highest BCUT2D eigenvalue weighted by atomic mass is 32.1. The number of nitrogens with zero attached hydrogens (tertiary/aromatic N) is 3. The first kappa shape index (κ1) is 9.84. The standard InChI is InChI=1S/C7H8N4O3S/c1-4-5(11(13)14)15-7(9-4)10-3-2-8-6(10)12/h2-3H2,1H3,(H,8,12). The SMILES string of the molecule is Cc1nc(N2CCNC2=O)sc1[N+](=O)[O-]. The van der Waals surface area contributed by atoms with E-state index in [1.165, 1.54) is 4.90 Å². The molecule has 0 aromatic carbocycles. The molecular weight excluding hydrogens is 220 g/mol. The summed E-state index contributed by atoms with van der Waals surface area (Å²) in [5.74, 6) is 0. The van der Waals surface area contributed by atoms with Gasteiger partial charge in [0.15, 0.2) is 5.13 Å². The van der Waals surface area contributed by atoms with E-state index in [0.717, 1.165) is 11.3 Å². The van der Waals surface area contributed by atoms with E-state index >= 15 is 0 Å². The van der Waals surface area contributed by atoms with E-state index in [-0.39, 0.29) is 11.0 Å². The molecule has 1 fully saturated rings. The molecule has 0 atom stereocenters. The number of carbonyl (C=O) groups excluding carboxylic acids is 1. The van der Waals surface area contributed by atoms with E-state index in [9.17, 15) is 14.9 Å². The number of aromatic nitrogens is 1. The van der Waals surface area contributed by atoms with Crippen LogP contribution in [0, 0.1) is 17.0 Å². The van der Waals surface area contributed by atoms with Crippen LogP contribution < -0.4 is 10.2 Å². The molecule has 7 nitrogen and oxygen atoms in total. The van der Waals surface area contributed by atoms with Gasteiger partial charge in [-0.25, -0.2) is 9.78 Å². The number of hydrogen-bond acceptors (Lipinski definition) is 5. The fourth-order valence-electron chi connectivity index (χ4n) is 1.31. The lowest BCUT2D eigenvalue weighted by Gasteiger charge is -2.07. The monoisotopic (exact) mass is 228 g/mol. The van der Waals surface area contributed by atoms with Gasteiger partial charge in [-0.1, -0.05) is 0 Å². The van der Waals surface area contributed by atoms with Gasteiger partial charge in [-0.15, -0.1) is 0 Å². The maximum atomic E-state index is 11.3. The van der Waals surface area contributed by atoms with E-state index in [0.29, 0.717) is 23.9 Å². The van der Waals surface area contributed by atoms with Crippen molar-refractivity contribution < 1.29 is 9.72 Å². The first-order valence-electron chi connectivity index (χ1n) is 4.27. The number of urea groups is 1. The van der Waals surface area contributed by atoms with E-state index in [4.69, 9.17) is 0 Å². The lowest BCUT2D eigenvalue weighted by atomic mass is 10.5. The van der Waals surface area contributed by atoms with Crippen molar-refractivity contribution in [1.29, 1.82) is 0 Å². The lowest BCUT2D eigenvalue weighted by Crippen LogP contribution is -2.27. The van der Waals surface area contributed by atoms with Gasteiger partial charge in [-0.2, -0.15) is 0 Å². The fourth-order valence-corrected chi connectivity index (χ4v) is 2.22. The molecule has 2 amide bonds. The van der Waals surface area contributed by atoms with Crippen LogP contribution in [-0.4, -0.2) is 29.0 Å². The molecule has 0 saturated carbocycles. The lowest BCUT2D eigenvalue weighted by molar-refractivity contribution is -0.380. The van der Waals surface area contributed by atoms with Gasteiger partial charge in [-0.3, -0.25) is 15.0 Å². The molecule has 1 saturated heterocycles. The third kappa shape index (κ3) is 1.63. The Labute approximate surface area is 88.9 Å². The molecule has 1 aliphatic rings. The highest BCUT2D eigenvalue weighted by Gasteiger charge is 2.27. The smallest absolute Gasteiger partial charge is 0.336 e. The van der Waals surface area contributed by atoms with Gasteiger partial charge >= 0.3 is 11.0 Å². The Hall–Kier alpha value is -1.70. The van der Waals surface area contributed by atoms with Crippen molar-refractivity contribution in [2.75, 3.05) is 18.0 Å². The Morgan fingerprint density at radius 1 is 1.67 bits per heavy atom. The molecule has 1 aromatic rings. The molecule has 1 N–H and O–H groups in total. The second-order valence-corrected chi connectivity index (χ2v) is 3.98. The normalized spacial score (nSPS) is 15.5. The Morgan fingerprint density at radius 2 is 2.40 bits per heavy atom. The number of carbonyl (C=O) groups is 1. The van der Waals surface area contributed by atoms with E-state index in [1.807, 2.05) is 0 Å². The minimum absolute atomic E-state index is 0.00954. The van der Waals surface area contributed by atoms with Crippen LogP contribution in [0.15, 0.2) is 0 Å². The van der Waals surface area contributed by atoms with Crippen LogP contribution in [0.4, 0.5) is 14.9 Å². The summed E-state index contributed by atoms with van der Waals surface area (Å²) in [6.07, 6.45) is 0. The van der Waals surface area contributed by atoms with Crippen molar-refractivity contribution in [3.05, 3.63) is 15.8 Å². The summed E-state index contributed by atoms with van der Waals surface area (Å²) >= 11 is 0.924. The highest BCUT2D eigenvalue weighted by Crippen LogP contribution is 2.32. The number of hydrogen-bond donors (Lipinski definition) is 1. The zero-order valence-electron chi connectivity index (χ0n) is 7.89. The van der Waals surface area contributed by atoms with E-state index in [1.54, 1.807) is 6.92 Å². The predicted molar refractivity (Wildman–Crippen MR) is 54.3 cm³/mol. The second-order valence-electron chi connectivity index (χ2n) is 3.03. The number of nitro groups is 1. The topological polar surface area (TPSA) is 88.4 Å². The molecule has 80 valence electrons. The number of thiazole rings is 1. The minimum atomic E-state index is -0.482. The first-order chi connectivity index (χ1) is 7.09. The summed E-state index contributed by atoms with van der Waals surface area (Å²) in [7, 11) is 0. The summed E-state index contributed by atoms with van der Waals surface area (Å²) in [6.45, 7) is 2.61. The maximum absolute atomic E-state index is 11.3. The molecule has 0 radical (unpaired) electrons. The largest absolute Gasteiger partial charge is 0.348 e. The van der Waals surface area contributed by atoms with Gasteiger partial charge < -0.3 is 5.32 Å². The fraction of sp³-hybridized carbons (Fsp3) is 0.429. The number of aryl methyl sites for hydroxylation is 1. The molecule has 2 rings (SSSR count). The van der Waals surface area contributed by atoms with E-state index in [2.05, 4.69) is 10.3 Å². The van der Waals surface area contributed by atoms with Crippen molar-refractivity contribution in [3.63, 3.8) is 0 Å². The first-order valence-corrected chi connectivity index (χ1v) is 5.08. The van der Waals surface area contributed by atoms with Crippen LogP contribution in [0.5, 0.6) is 0 Å². The Bertz CT molecular complexity index is 430. The molecule has 1 aliphatic heterocycles. The zero-order valence-corrected chi connectivity index (χ0v) is 8.71. The van der Waals surface area contributed by atoms with Crippen molar-refractivity contribution in [3.8, 4) is 0 Å². The average molecular weight is 228 g/mol. The van der Waals surface area contributed by atoms with Crippen molar-refractivity contribution >= 4 is 27.5 Å². The van der Waals surface area contributed by atoms with Crippen molar-refractivity contribution in [1.82, 2.24) is 10.3 Å². The highest BCUT2D eigenvalue weighted by molar-refractivity contribution is 7.19. The van der Waals surface area contributed by atoms with Crippen LogP contribution in [0.1, 0.15) is 5.69 Å². The molecule has 0 bridgehead atoms. The zero-order chi connectivity index (χ0) is 11.0. The van der Waals surface area contributed by atoms with Crippen molar-refractivity contribution in [2.45, 2.75) is 6.92 Å². The van der Waals surface area contributed by atoms with Gasteiger partial charge in [0.2, 0.25) is 0 Å². The number of amides is 2. The Balaban J connectivity index is 2.33. The molecule has 8 heteroatoms. The number of anilines is 1. The molecule has 1 aromatic heterocycles. The summed E-state index contributed by atoms with van der Waals surface area (Å²) in [5, 5.41) is 13.6. The molecule has 0 aliphatic carbocycles. The second kappa shape index (κ2) is 3.46. The van der Waals surface area contributed by atoms with Gasteiger partial charge in [-0.05, 0) is 18.3 Å². The average Bonchev–Trinajstić information content (AvgIpc) is 2.71.